The van der Waals surface area contributed by atoms with Gasteiger partial charge in [-0.1, -0.05) is 36.4 Å². The highest BCUT2D eigenvalue weighted by Gasteiger charge is 2.06. The zero-order chi connectivity index (χ0) is 22.1. The molecule has 4 N–H and O–H groups in total. The van der Waals surface area contributed by atoms with E-state index in [1.165, 1.54) is 24.5 Å². The molecule has 0 aliphatic carbocycles. The number of carboxylic acid groups (broad SMARTS) is 1. The van der Waals surface area contributed by atoms with Gasteiger partial charge in [0, 0.05) is 31.0 Å². The summed E-state index contributed by atoms with van der Waals surface area (Å²) in [6, 6.07) is 13.3. The van der Waals surface area contributed by atoms with E-state index in [1.807, 2.05) is 24.3 Å². The molecule has 0 saturated carbocycles. The highest BCUT2D eigenvalue weighted by molar-refractivity contribution is 7.88. The lowest BCUT2D eigenvalue weighted by Crippen LogP contribution is -2.21. The Morgan fingerprint density at radius 1 is 1.10 bits per heavy atom. The standard InChI is InChI=1S/C11H7FN2O2.C9H14N2O2S/c12-9-3-1-2-7(4-9)10-13-5-8(6-14-10)11(15)16;1-14(12,13)11-7-9-4-2-3-8(5-9)6-10/h1-6H,(H,15,16);2-5,11H,6-7,10H2,1H3. The molecule has 158 valence electrons. The van der Waals surface area contributed by atoms with Crippen molar-refractivity contribution >= 4 is 16.0 Å². The van der Waals surface area contributed by atoms with Crippen LogP contribution in [-0.2, 0) is 23.1 Å². The summed E-state index contributed by atoms with van der Waals surface area (Å²) in [7, 11) is -3.12. The van der Waals surface area contributed by atoms with E-state index in [1.54, 1.807) is 12.1 Å². The second-order valence-corrected chi connectivity index (χ2v) is 8.06. The van der Waals surface area contributed by atoms with Gasteiger partial charge in [-0.05, 0) is 23.3 Å². The van der Waals surface area contributed by atoms with Crippen molar-refractivity contribution in [3.8, 4) is 11.4 Å². The Morgan fingerprint density at radius 3 is 2.30 bits per heavy atom. The lowest BCUT2D eigenvalue weighted by atomic mass is 10.1. The minimum atomic E-state index is -3.12. The molecule has 0 amide bonds. The number of nitrogens with two attached hydrogens (primary N) is 1. The van der Waals surface area contributed by atoms with Crippen LogP contribution >= 0.6 is 0 Å². The molecule has 1 heterocycles. The molecule has 0 atom stereocenters. The molecule has 0 fully saturated rings. The van der Waals surface area contributed by atoms with Gasteiger partial charge in [0.1, 0.15) is 5.82 Å². The van der Waals surface area contributed by atoms with Crippen molar-refractivity contribution in [3.05, 3.63) is 83.4 Å². The molecule has 0 radical (unpaired) electrons. The number of nitrogens with one attached hydrogen (secondary N) is 1. The first kappa shape index (κ1) is 23.1. The summed E-state index contributed by atoms with van der Waals surface area (Å²) in [6.45, 7) is 0.777. The van der Waals surface area contributed by atoms with Gasteiger partial charge in [0.05, 0.1) is 11.8 Å². The highest BCUT2D eigenvalue weighted by Crippen LogP contribution is 2.15. The topological polar surface area (TPSA) is 135 Å². The van der Waals surface area contributed by atoms with E-state index >= 15 is 0 Å². The Morgan fingerprint density at radius 2 is 1.73 bits per heavy atom. The molecular weight excluding hydrogens is 411 g/mol. The second-order valence-electron chi connectivity index (χ2n) is 6.23. The van der Waals surface area contributed by atoms with Crippen molar-refractivity contribution in [2.45, 2.75) is 13.1 Å². The number of benzene rings is 2. The van der Waals surface area contributed by atoms with Crippen molar-refractivity contribution in [3.63, 3.8) is 0 Å². The van der Waals surface area contributed by atoms with Crippen LogP contribution in [0.2, 0.25) is 0 Å². The molecule has 0 aliphatic heterocycles. The van der Waals surface area contributed by atoms with Crippen LogP contribution in [0.25, 0.3) is 11.4 Å². The molecule has 3 rings (SSSR count). The molecule has 10 heteroatoms. The first-order valence-corrected chi connectivity index (χ1v) is 10.6. The number of hydrogen-bond donors (Lipinski definition) is 3. The SMILES string of the molecule is CS(=O)(=O)NCc1cccc(CN)c1.O=C(O)c1cnc(-c2cccc(F)c2)nc1. The number of halogens is 1. The summed E-state index contributed by atoms with van der Waals surface area (Å²) < 4.78 is 37.0. The molecule has 0 spiro atoms. The molecule has 0 unspecified atom stereocenters. The van der Waals surface area contributed by atoms with Crippen molar-refractivity contribution in [2.24, 2.45) is 5.73 Å². The van der Waals surface area contributed by atoms with E-state index < -0.39 is 16.0 Å². The monoisotopic (exact) mass is 432 g/mol. The molecule has 1 aromatic heterocycles. The summed E-state index contributed by atoms with van der Waals surface area (Å²) in [5.41, 5.74) is 7.89. The van der Waals surface area contributed by atoms with Crippen LogP contribution in [0.3, 0.4) is 0 Å². The second kappa shape index (κ2) is 10.5. The molecule has 8 nitrogen and oxygen atoms in total. The van der Waals surface area contributed by atoms with Crippen LogP contribution in [0.4, 0.5) is 4.39 Å². The number of carboxylic acids is 1. The van der Waals surface area contributed by atoms with Gasteiger partial charge in [-0.15, -0.1) is 0 Å². The summed E-state index contributed by atoms with van der Waals surface area (Å²) in [5.74, 6) is -1.18. The predicted octanol–water partition coefficient (Wildman–Crippen LogP) is 2.18. The zero-order valence-corrected chi connectivity index (χ0v) is 16.9. The number of nitrogens with zero attached hydrogens (tertiary/aromatic N) is 2. The van der Waals surface area contributed by atoms with Gasteiger partial charge in [-0.3, -0.25) is 0 Å². The van der Waals surface area contributed by atoms with E-state index in [2.05, 4.69) is 14.7 Å². The number of hydrogen-bond acceptors (Lipinski definition) is 6. The average Bonchev–Trinajstić information content (AvgIpc) is 2.72. The Kier molecular flexibility index (Phi) is 8.10. The van der Waals surface area contributed by atoms with Crippen molar-refractivity contribution in [1.29, 1.82) is 0 Å². The molecular formula is C20H21FN4O4S. The summed E-state index contributed by atoms with van der Waals surface area (Å²) in [5, 5.41) is 8.65. The average molecular weight is 432 g/mol. The van der Waals surface area contributed by atoms with Gasteiger partial charge in [0.15, 0.2) is 5.82 Å². The molecule has 2 aromatic carbocycles. The number of rotatable bonds is 6. The van der Waals surface area contributed by atoms with Gasteiger partial charge in [-0.25, -0.2) is 32.3 Å². The Balaban J connectivity index is 0.000000216. The summed E-state index contributed by atoms with van der Waals surface area (Å²) in [6.07, 6.45) is 3.52. The van der Waals surface area contributed by atoms with Gasteiger partial charge in [-0.2, -0.15) is 0 Å². The van der Waals surface area contributed by atoms with Crippen LogP contribution in [0, 0.1) is 5.82 Å². The Bertz CT molecular complexity index is 1110. The molecule has 0 saturated heterocycles. The highest BCUT2D eigenvalue weighted by atomic mass is 32.2. The maximum atomic E-state index is 12.9. The van der Waals surface area contributed by atoms with Gasteiger partial charge >= 0.3 is 5.97 Å². The van der Waals surface area contributed by atoms with E-state index in [9.17, 15) is 17.6 Å². The quantitative estimate of drug-likeness (QED) is 0.543. The predicted molar refractivity (Wildman–Crippen MR) is 110 cm³/mol. The zero-order valence-electron chi connectivity index (χ0n) is 16.1. The van der Waals surface area contributed by atoms with E-state index in [0.717, 1.165) is 17.4 Å². The summed E-state index contributed by atoms with van der Waals surface area (Å²) >= 11 is 0. The lowest BCUT2D eigenvalue weighted by molar-refractivity contribution is 0.0696. The number of aromatic carboxylic acids is 1. The normalized spacial score (nSPS) is 10.8. The number of sulfonamides is 1. The third kappa shape index (κ3) is 7.66. The van der Waals surface area contributed by atoms with Crippen LogP contribution in [-0.4, -0.2) is 35.7 Å². The Labute approximate surface area is 173 Å². The number of aromatic nitrogens is 2. The van der Waals surface area contributed by atoms with Crippen molar-refractivity contribution in [2.75, 3.05) is 6.26 Å². The summed E-state index contributed by atoms with van der Waals surface area (Å²) in [4.78, 5) is 18.3. The van der Waals surface area contributed by atoms with E-state index in [4.69, 9.17) is 10.8 Å². The van der Waals surface area contributed by atoms with Crippen molar-refractivity contribution in [1.82, 2.24) is 14.7 Å². The van der Waals surface area contributed by atoms with Crippen LogP contribution in [0.15, 0.2) is 60.9 Å². The molecule has 0 bridgehead atoms. The van der Waals surface area contributed by atoms with E-state index in [-0.39, 0.29) is 11.4 Å². The minimum absolute atomic E-state index is 0.000142. The third-order valence-corrected chi connectivity index (χ3v) is 4.42. The fourth-order valence-corrected chi connectivity index (χ4v) is 2.72. The maximum Gasteiger partial charge on any atom is 0.338 e. The largest absolute Gasteiger partial charge is 0.478 e. The molecule has 30 heavy (non-hydrogen) atoms. The van der Waals surface area contributed by atoms with Crippen LogP contribution < -0.4 is 10.5 Å². The fourth-order valence-electron chi connectivity index (χ4n) is 2.30. The van der Waals surface area contributed by atoms with Gasteiger partial charge in [0.25, 0.3) is 0 Å². The van der Waals surface area contributed by atoms with Crippen LogP contribution in [0.1, 0.15) is 21.5 Å². The lowest BCUT2D eigenvalue weighted by Gasteiger charge is -2.04. The van der Waals surface area contributed by atoms with Gasteiger partial charge < -0.3 is 10.8 Å². The maximum absolute atomic E-state index is 12.9. The van der Waals surface area contributed by atoms with Crippen molar-refractivity contribution < 1.29 is 22.7 Å². The Hall–Kier alpha value is -3.21. The molecule has 0 aliphatic rings. The fraction of sp³-hybridized carbons (Fsp3) is 0.150. The first-order chi connectivity index (χ1) is 14.2. The van der Waals surface area contributed by atoms with E-state index in [0.29, 0.717) is 24.5 Å². The number of carbonyl (C=O) groups is 1. The van der Waals surface area contributed by atoms with Crippen LogP contribution in [0.5, 0.6) is 0 Å². The molecule has 3 aromatic rings. The third-order valence-electron chi connectivity index (χ3n) is 3.75. The smallest absolute Gasteiger partial charge is 0.338 e. The van der Waals surface area contributed by atoms with Gasteiger partial charge in [0.2, 0.25) is 10.0 Å². The first-order valence-electron chi connectivity index (χ1n) is 8.72. The minimum Gasteiger partial charge on any atom is -0.478 e.